The van der Waals surface area contributed by atoms with Gasteiger partial charge in [0.05, 0.1) is 12.7 Å². The maximum atomic E-state index is 5.57. The summed E-state index contributed by atoms with van der Waals surface area (Å²) in [5.41, 5.74) is 0. The molecule has 0 fully saturated rings. The predicted molar refractivity (Wildman–Crippen MR) is 56.0 cm³/mol. The van der Waals surface area contributed by atoms with E-state index in [0.717, 1.165) is 12.3 Å². The van der Waals surface area contributed by atoms with Gasteiger partial charge < -0.3 is 10.1 Å². The summed E-state index contributed by atoms with van der Waals surface area (Å²) in [4.78, 5) is 3.96. The topological polar surface area (TPSA) is 34.1 Å². The lowest BCUT2D eigenvalue weighted by atomic mass is 10.4. The van der Waals surface area contributed by atoms with E-state index in [0.29, 0.717) is 6.54 Å². The number of hydrogen-bond donors (Lipinski definition) is 1. The van der Waals surface area contributed by atoms with Crippen molar-refractivity contribution in [3.05, 3.63) is 24.5 Å². The molecular formula is C11H14N2O. The molecule has 0 aliphatic heterocycles. The van der Waals surface area contributed by atoms with Gasteiger partial charge in [0.15, 0.2) is 0 Å². The highest BCUT2D eigenvalue weighted by Crippen LogP contribution is 2.08. The molecule has 1 atom stereocenters. The highest BCUT2D eigenvalue weighted by atomic mass is 16.5. The molecule has 3 nitrogen and oxygen atoms in total. The minimum atomic E-state index is 0.0903. The van der Waals surface area contributed by atoms with Gasteiger partial charge in [-0.1, -0.05) is 5.92 Å². The van der Waals surface area contributed by atoms with Gasteiger partial charge in [0, 0.05) is 12.7 Å². The first-order valence-electron chi connectivity index (χ1n) is 4.54. The van der Waals surface area contributed by atoms with Crippen molar-refractivity contribution in [2.75, 3.05) is 13.1 Å². The molecule has 1 aromatic rings. The summed E-state index contributed by atoms with van der Waals surface area (Å²) in [5.74, 6) is 3.29. The SMILES string of the molecule is C#CCNCC(C)Oc1cccnc1. The number of aromatic nitrogens is 1. The molecule has 3 heteroatoms. The van der Waals surface area contributed by atoms with E-state index in [-0.39, 0.29) is 6.10 Å². The van der Waals surface area contributed by atoms with Crippen LogP contribution in [0.4, 0.5) is 0 Å². The molecule has 1 heterocycles. The van der Waals surface area contributed by atoms with E-state index in [1.807, 2.05) is 19.1 Å². The number of pyridine rings is 1. The molecular weight excluding hydrogens is 176 g/mol. The van der Waals surface area contributed by atoms with Crippen molar-refractivity contribution in [1.82, 2.24) is 10.3 Å². The summed E-state index contributed by atoms with van der Waals surface area (Å²) in [5, 5.41) is 3.07. The fourth-order valence-electron chi connectivity index (χ4n) is 1.04. The number of nitrogens with one attached hydrogen (secondary N) is 1. The third kappa shape index (κ3) is 3.92. The van der Waals surface area contributed by atoms with Crippen molar-refractivity contribution in [2.24, 2.45) is 0 Å². The fourth-order valence-corrected chi connectivity index (χ4v) is 1.04. The third-order valence-corrected chi connectivity index (χ3v) is 1.63. The first-order valence-corrected chi connectivity index (χ1v) is 4.54. The Hall–Kier alpha value is -1.53. The molecule has 1 N–H and O–H groups in total. The Morgan fingerprint density at radius 3 is 3.21 bits per heavy atom. The van der Waals surface area contributed by atoms with Crippen molar-refractivity contribution in [1.29, 1.82) is 0 Å². The van der Waals surface area contributed by atoms with E-state index in [1.165, 1.54) is 0 Å². The van der Waals surface area contributed by atoms with Crippen LogP contribution in [0.1, 0.15) is 6.92 Å². The van der Waals surface area contributed by atoms with Crippen molar-refractivity contribution in [3.63, 3.8) is 0 Å². The van der Waals surface area contributed by atoms with E-state index in [1.54, 1.807) is 12.4 Å². The van der Waals surface area contributed by atoms with Gasteiger partial charge in [-0.05, 0) is 19.1 Å². The molecule has 0 aliphatic rings. The van der Waals surface area contributed by atoms with Crippen molar-refractivity contribution < 1.29 is 4.74 Å². The number of nitrogens with zero attached hydrogens (tertiary/aromatic N) is 1. The van der Waals surface area contributed by atoms with E-state index in [9.17, 15) is 0 Å². The molecule has 0 saturated carbocycles. The Kier molecular flexibility index (Phi) is 4.53. The fraction of sp³-hybridized carbons (Fsp3) is 0.364. The summed E-state index contributed by atoms with van der Waals surface area (Å²) in [6.45, 7) is 3.29. The molecule has 0 spiro atoms. The summed E-state index contributed by atoms with van der Waals surface area (Å²) in [7, 11) is 0. The lowest BCUT2D eigenvalue weighted by Crippen LogP contribution is -2.29. The van der Waals surface area contributed by atoms with Crippen LogP contribution in [0.15, 0.2) is 24.5 Å². The van der Waals surface area contributed by atoms with Crippen LogP contribution in [0.5, 0.6) is 5.75 Å². The minimum absolute atomic E-state index is 0.0903. The van der Waals surface area contributed by atoms with Gasteiger partial charge in [-0.15, -0.1) is 6.42 Å². The lowest BCUT2D eigenvalue weighted by Gasteiger charge is -2.13. The number of terminal acetylenes is 1. The predicted octanol–water partition coefficient (Wildman–Crippen LogP) is 1.07. The number of ether oxygens (including phenoxy) is 1. The van der Waals surface area contributed by atoms with Gasteiger partial charge in [0.25, 0.3) is 0 Å². The monoisotopic (exact) mass is 190 g/mol. The maximum absolute atomic E-state index is 5.57. The first kappa shape index (κ1) is 10.6. The summed E-state index contributed by atoms with van der Waals surface area (Å²) in [6.07, 6.45) is 8.60. The van der Waals surface area contributed by atoms with E-state index in [4.69, 9.17) is 11.2 Å². The van der Waals surface area contributed by atoms with Gasteiger partial charge in [-0.25, -0.2) is 0 Å². The van der Waals surface area contributed by atoms with Gasteiger partial charge in [0.2, 0.25) is 0 Å². The molecule has 74 valence electrons. The van der Waals surface area contributed by atoms with Crippen LogP contribution in [0.25, 0.3) is 0 Å². The Morgan fingerprint density at radius 2 is 2.57 bits per heavy atom. The van der Waals surface area contributed by atoms with Gasteiger partial charge in [0.1, 0.15) is 11.9 Å². The van der Waals surface area contributed by atoms with Crippen LogP contribution >= 0.6 is 0 Å². The second kappa shape index (κ2) is 6.01. The summed E-state index contributed by atoms with van der Waals surface area (Å²) < 4.78 is 5.57. The molecule has 0 bridgehead atoms. The summed E-state index contributed by atoms with van der Waals surface area (Å²) >= 11 is 0. The Labute approximate surface area is 84.5 Å². The van der Waals surface area contributed by atoms with Crippen LogP contribution in [0.2, 0.25) is 0 Å². The zero-order valence-electron chi connectivity index (χ0n) is 8.23. The molecule has 0 amide bonds. The zero-order chi connectivity index (χ0) is 10.2. The molecule has 0 aliphatic carbocycles. The molecule has 0 saturated heterocycles. The van der Waals surface area contributed by atoms with E-state index in [2.05, 4.69) is 16.2 Å². The van der Waals surface area contributed by atoms with Crippen LogP contribution in [0.3, 0.4) is 0 Å². The Balaban J connectivity index is 2.28. The second-order valence-corrected chi connectivity index (χ2v) is 2.95. The molecule has 1 unspecified atom stereocenters. The average molecular weight is 190 g/mol. The lowest BCUT2D eigenvalue weighted by molar-refractivity contribution is 0.218. The Bertz CT molecular complexity index is 292. The van der Waals surface area contributed by atoms with Crippen LogP contribution in [-0.2, 0) is 0 Å². The average Bonchev–Trinajstić information content (AvgIpc) is 2.20. The van der Waals surface area contributed by atoms with Crippen LogP contribution < -0.4 is 10.1 Å². The van der Waals surface area contributed by atoms with E-state index < -0.39 is 0 Å². The third-order valence-electron chi connectivity index (χ3n) is 1.63. The normalized spacial score (nSPS) is 11.7. The largest absolute Gasteiger partial charge is 0.488 e. The van der Waals surface area contributed by atoms with Crippen molar-refractivity contribution >= 4 is 0 Å². The number of rotatable bonds is 5. The molecule has 1 rings (SSSR count). The Morgan fingerprint density at radius 1 is 1.71 bits per heavy atom. The quantitative estimate of drug-likeness (QED) is 0.557. The number of hydrogen-bond acceptors (Lipinski definition) is 3. The standard InChI is InChI=1S/C11H14N2O/c1-3-6-12-8-10(2)14-11-5-4-7-13-9-11/h1,4-5,7,9-10,12H,6,8H2,2H3. The second-order valence-electron chi connectivity index (χ2n) is 2.95. The van der Waals surface area contributed by atoms with Crippen molar-refractivity contribution in [3.8, 4) is 18.1 Å². The molecule has 0 aromatic carbocycles. The van der Waals surface area contributed by atoms with Crippen molar-refractivity contribution in [2.45, 2.75) is 13.0 Å². The van der Waals surface area contributed by atoms with E-state index >= 15 is 0 Å². The van der Waals surface area contributed by atoms with Gasteiger partial charge in [-0.2, -0.15) is 0 Å². The van der Waals surface area contributed by atoms with Crippen LogP contribution in [0, 0.1) is 12.3 Å². The maximum Gasteiger partial charge on any atom is 0.138 e. The van der Waals surface area contributed by atoms with Gasteiger partial charge >= 0.3 is 0 Å². The summed E-state index contributed by atoms with van der Waals surface area (Å²) in [6, 6.07) is 3.72. The zero-order valence-corrected chi connectivity index (χ0v) is 8.23. The molecule has 14 heavy (non-hydrogen) atoms. The minimum Gasteiger partial charge on any atom is -0.488 e. The van der Waals surface area contributed by atoms with Gasteiger partial charge in [-0.3, -0.25) is 4.98 Å². The first-order chi connectivity index (χ1) is 6.83. The smallest absolute Gasteiger partial charge is 0.138 e. The molecule has 1 aromatic heterocycles. The highest BCUT2D eigenvalue weighted by molar-refractivity contribution is 5.15. The van der Waals surface area contributed by atoms with Crippen LogP contribution in [-0.4, -0.2) is 24.2 Å². The highest BCUT2D eigenvalue weighted by Gasteiger charge is 2.01. The molecule has 0 radical (unpaired) electrons.